The van der Waals surface area contributed by atoms with Crippen LogP contribution in [0, 0.1) is 12.8 Å². The number of nitrogens with zero attached hydrogens (tertiary/aromatic N) is 2. The van der Waals surface area contributed by atoms with E-state index < -0.39 is 0 Å². The number of aryl methyl sites for hydroxylation is 2. The Morgan fingerprint density at radius 2 is 2.24 bits per heavy atom. The third-order valence-corrected chi connectivity index (χ3v) is 3.27. The van der Waals surface area contributed by atoms with Crippen LogP contribution in [0.5, 0.6) is 0 Å². The molecule has 0 aromatic carbocycles. The molecule has 0 aliphatic heterocycles. The summed E-state index contributed by atoms with van der Waals surface area (Å²) in [4.78, 5) is 0. The molecule has 0 aliphatic rings. The molecule has 0 saturated heterocycles. The second-order valence-electron chi connectivity index (χ2n) is 4.66. The number of aromatic nitrogens is 2. The Labute approximate surface area is 110 Å². The Hall–Kier alpha value is -0.540. The van der Waals surface area contributed by atoms with Gasteiger partial charge in [-0.3, -0.25) is 4.68 Å². The Kier molecular flexibility index (Phi) is 6.60. The van der Waals surface area contributed by atoms with Gasteiger partial charge in [-0.15, -0.1) is 11.6 Å². The van der Waals surface area contributed by atoms with Crippen LogP contribution < -0.4 is 5.32 Å². The van der Waals surface area contributed by atoms with Crippen LogP contribution in [-0.4, -0.2) is 22.2 Å². The van der Waals surface area contributed by atoms with Crippen molar-refractivity contribution < 1.29 is 0 Å². The van der Waals surface area contributed by atoms with Gasteiger partial charge in [-0.05, 0) is 38.3 Å². The molecule has 1 atom stereocenters. The first kappa shape index (κ1) is 14.5. The van der Waals surface area contributed by atoms with Crippen LogP contribution in [0.4, 0.5) is 0 Å². The number of rotatable bonds is 8. The smallest absolute Gasteiger partial charge is 0.0597 e. The molecular weight excluding hydrogens is 234 g/mol. The van der Waals surface area contributed by atoms with Gasteiger partial charge in [-0.1, -0.05) is 13.3 Å². The van der Waals surface area contributed by atoms with E-state index in [4.69, 9.17) is 11.6 Å². The second-order valence-corrected chi connectivity index (χ2v) is 5.04. The van der Waals surface area contributed by atoms with Crippen molar-refractivity contribution in [3.8, 4) is 0 Å². The normalized spacial score (nSPS) is 12.9. The zero-order valence-electron chi connectivity index (χ0n) is 11.2. The van der Waals surface area contributed by atoms with E-state index in [1.807, 2.05) is 18.7 Å². The summed E-state index contributed by atoms with van der Waals surface area (Å²) in [6.07, 6.45) is 3.59. The molecule has 0 fully saturated rings. The minimum atomic E-state index is 0.701. The van der Waals surface area contributed by atoms with Gasteiger partial charge in [0.1, 0.15) is 0 Å². The van der Waals surface area contributed by atoms with Crippen LogP contribution in [0.3, 0.4) is 0 Å². The lowest BCUT2D eigenvalue weighted by Crippen LogP contribution is -2.24. The predicted octanol–water partition coefficient (Wildman–Crippen LogP) is 2.86. The Bertz CT molecular complexity index is 316. The van der Waals surface area contributed by atoms with Crippen LogP contribution in [0.25, 0.3) is 0 Å². The van der Waals surface area contributed by atoms with Gasteiger partial charge in [0.05, 0.1) is 11.4 Å². The molecule has 1 aromatic rings. The van der Waals surface area contributed by atoms with Gasteiger partial charge in [0.15, 0.2) is 0 Å². The number of hydrogen-bond acceptors (Lipinski definition) is 2. The van der Waals surface area contributed by atoms with Gasteiger partial charge in [-0.25, -0.2) is 0 Å². The fraction of sp³-hybridized carbons (Fsp3) is 0.769. The summed E-state index contributed by atoms with van der Waals surface area (Å²) in [5, 5.41) is 7.84. The van der Waals surface area contributed by atoms with E-state index in [-0.39, 0.29) is 0 Å². The summed E-state index contributed by atoms with van der Waals surface area (Å²) in [6.45, 7) is 6.19. The maximum absolute atomic E-state index is 5.81. The molecule has 0 amide bonds. The average molecular weight is 258 g/mol. The topological polar surface area (TPSA) is 29.9 Å². The fourth-order valence-electron chi connectivity index (χ4n) is 2.15. The summed E-state index contributed by atoms with van der Waals surface area (Å²) < 4.78 is 1.94. The molecule has 0 saturated carbocycles. The Morgan fingerprint density at radius 1 is 1.47 bits per heavy atom. The predicted molar refractivity (Wildman–Crippen MR) is 73.4 cm³/mol. The highest BCUT2D eigenvalue weighted by Gasteiger charge is 2.07. The van der Waals surface area contributed by atoms with Crippen LogP contribution in [0.1, 0.15) is 37.6 Å². The maximum atomic E-state index is 5.81. The average Bonchev–Trinajstić information content (AvgIpc) is 2.58. The molecule has 98 valence electrons. The van der Waals surface area contributed by atoms with E-state index in [2.05, 4.69) is 23.4 Å². The second kappa shape index (κ2) is 7.72. The minimum Gasteiger partial charge on any atom is -0.311 e. The van der Waals surface area contributed by atoms with E-state index >= 15 is 0 Å². The largest absolute Gasteiger partial charge is 0.311 e. The standard InChI is InChI=1S/C13H24ClN3/c1-4-5-12(6-7-14)9-15-10-13-8-11(2)16-17(13)3/h8,12,15H,4-7,9-10H2,1-3H3. The lowest BCUT2D eigenvalue weighted by Gasteiger charge is -2.15. The van der Waals surface area contributed by atoms with Crippen molar-refractivity contribution in [1.82, 2.24) is 15.1 Å². The molecule has 1 aromatic heterocycles. The van der Waals surface area contributed by atoms with E-state index in [9.17, 15) is 0 Å². The van der Waals surface area contributed by atoms with E-state index in [0.29, 0.717) is 5.92 Å². The van der Waals surface area contributed by atoms with E-state index in [1.54, 1.807) is 0 Å². The zero-order valence-corrected chi connectivity index (χ0v) is 11.9. The summed E-state index contributed by atoms with van der Waals surface area (Å²) in [5.41, 5.74) is 2.32. The van der Waals surface area contributed by atoms with Crippen LogP contribution in [-0.2, 0) is 13.6 Å². The first-order valence-corrected chi connectivity index (χ1v) is 6.97. The van der Waals surface area contributed by atoms with E-state index in [0.717, 1.165) is 31.1 Å². The lowest BCUT2D eigenvalue weighted by atomic mass is 10.0. The van der Waals surface area contributed by atoms with Gasteiger partial charge < -0.3 is 5.32 Å². The van der Waals surface area contributed by atoms with Crippen molar-refractivity contribution in [2.24, 2.45) is 13.0 Å². The fourth-order valence-corrected chi connectivity index (χ4v) is 2.45. The molecule has 4 heteroatoms. The van der Waals surface area contributed by atoms with Crippen LogP contribution >= 0.6 is 11.6 Å². The summed E-state index contributed by atoms with van der Waals surface area (Å²) >= 11 is 5.81. The quantitative estimate of drug-likeness (QED) is 0.726. The molecule has 3 nitrogen and oxygen atoms in total. The van der Waals surface area contributed by atoms with Crippen molar-refractivity contribution in [1.29, 1.82) is 0 Å². The molecule has 0 bridgehead atoms. The van der Waals surface area contributed by atoms with Gasteiger partial charge >= 0.3 is 0 Å². The molecule has 1 heterocycles. The molecule has 0 radical (unpaired) electrons. The number of halogens is 1. The molecule has 17 heavy (non-hydrogen) atoms. The Balaban J connectivity index is 2.32. The first-order valence-electron chi connectivity index (χ1n) is 6.43. The van der Waals surface area contributed by atoms with Crippen molar-refractivity contribution in [2.75, 3.05) is 12.4 Å². The van der Waals surface area contributed by atoms with Crippen LogP contribution in [0.15, 0.2) is 6.07 Å². The van der Waals surface area contributed by atoms with Crippen molar-refractivity contribution >= 4 is 11.6 Å². The van der Waals surface area contributed by atoms with Crippen LogP contribution in [0.2, 0.25) is 0 Å². The maximum Gasteiger partial charge on any atom is 0.0597 e. The molecule has 1 N–H and O–H groups in total. The third kappa shape index (κ3) is 5.09. The highest BCUT2D eigenvalue weighted by Crippen LogP contribution is 2.11. The SMILES string of the molecule is CCCC(CCCl)CNCc1cc(C)nn1C. The third-order valence-electron chi connectivity index (χ3n) is 3.05. The summed E-state index contributed by atoms with van der Waals surface area (Å²) in [5.74, 6) is 1.46. The van der Waals surface area contributed by atoms with Gasteiger partial charge in [-0.2, -0.15) is 5.10 Å². The number of nitrogens with one attached hydrogen (secondary N) is 1. The summed E-state index contributed by atoms with van der Waals surface area (Å²) in [7, 11) is 1.99. The highest BCUT2D eigenvalue weighted by molar-refractivity contribution is 6.17. The molecule has 0 spiro atoms. The molecule has 1 rings (SSSR count). The van der Waals surface area contributed by atoms with Crippen molar-refractivity contribution in [3.05, 3.63) is 17.5 Å². The lowest BCUT2D eigenvalue weighted by molar-refractivity contribution is 0.426. The number of hydrogen-bond donors (Lipinski definition) is 1. The first-order chi connectivity index (χ1) is 8.17. The summed E-state index contributed by atoms with van der Waals surface area (Å²) in [6, 6.07) is 2.13. The Morgan fingerprint density at radius 3 is 2.76 bits per heavy atom. The van der Waals surface area contributed by atoms with Crippen molar-refractivity contribution in [3.63, 3.8) is 0 Å². The highest BCUT2D eigenvalue weighted by atomic mass is 35.5. The van der Waals surface area contributed by atoms with Gasteiger partial charge in [0, 0.05) is 19.5 Å². The minimum absolute atomic E-state index is 0.701. The number of alkyl halides is 1. The van der Waals surface area contributed by atoms with Crippen molar-refractivity contribution in [2.45, 2.75) is 39.7 Å². The monoisotopic (exact) mass is 257 g/mol. The van der Waals surface area contributed by atoms with E-state index in [1.165, 1.54) is 18.5 Å². The van der Waals surface area contributed by atoms with Gasteiger partial charge in [0.25, 0.3) is 0 Å². The van der Waals surface area contributed by atoms with Gasteiger partial charge in [0.2, 0.25) is 0 Å². The zero-order chi connectivity index (χ0) is 12.7. The molecular formula is C13H24ClN3. The molecule has 0 aliphatic carbocycles. The molecule has 1 unspecified atom stereocenters.